The molecule has 0 saturated heterocycles. The van der Waals surface area contributed by atoms with Crippen molar-refractivity contribution in [3.63, 3.8) is 0 Å². The third kappa shape index (κ3) is 3.71. The molecule has 7 heteroatoms. The summed E-state index contributed by atoms with van der Waals surface area (Å²) in [5.41, 5.74) is 4.76. The quantitative estimate of drug-likeness (QED) is 0.614. The minimum Gasteiger partial charge on any atom is -0.349 e. The second-order valence-corrected chi connectivity index (χ2v) is 9.67. The van der Waals surface area contributed by atoms with Gasteiger partial charge in [0.25, 0.3) is 5.91 Å². The molecule has 2 amide bonds. The van der Waals surface area contributed by atoms with E-state index < -0.39 is 0 Å². The van der Waals surface area contributed by atoms with Crippen LogP contribution in [0.3, 0.4) is 0 Å². The summed E-state index contributed by atoms with van der Waals surface area (Å²) in [5, 5.41) is 6.47. The van der Waals surface area contributed by atoms with Crippen LogP contribution < -0.4 is 15.5 Å². The van der Waals surface area contributed by atoms with Gasteiger partial charge in [-0.1, -0.05) is 24.6 Å². The summed E-state index contributed by atoms with van der Waals surface area (Å²) in [6.45, 7) is 0. The maximum atomic E-state index is 12.7. The summed E-state index contributed by atoms with van der Waals surface area (Å²) in [6, 6.07) is 15.5. The number of nitrogens with one attached hydrogen (secondary N) is 2. The number of carbonyl (C=O) groups excluding carboxylic acids is 2. The molecule has 2 fully saturated rings. The highest BCUT2D eigenvalue weighted by Gasteiger charge is 2.40. The van der Waals surface area contributed by atoms with E-state index in [9.17, 15) is 9.59 Å². The van der Waals surface area contributed by atoms with Crippen molar-refractivity contribution in [2.24, 2.45) is 11.8 Å². The molecule has 3 aromatic rings. The van der Waals surface area contributed by atoms with Crippen LogP contribution in [0.25, 0.3) is 11.3 Å². The smallest absolute Gasteiger partial charge is 0.251 e. The number of carbonyl (C=O) groups is 2. The first-order chi connectivity index (χ1) is 16.5. The van der Waals surface area contributed by atoms with Crippen LogP contribution in [0.15, 0.2) is 54.7 Å². The first kappa shape index (κ1) is 20.8. The lowest BCUT2D eigenvalue weighted by Crippen LogP contribution is -2.38. The third-order valence-corrected chi connectivity index (χ3v) is 7.56. The molecule has 2 aliphatic carbocycles. The standard InChI is InChI=1S/C27H27N5O2/c1-32-23-5-3-2-4-21(23)25-19(14-24(32)33)15-28-27(31-25)29-20-10-8-17(9-11-20)26(34)30-22-13-16-6-7-18(22)12-16/h2-5,8-11,15-16,18,22H,6-7,12-14H2,1H3,(H,30,34)(H,28,29,31)/t16?,18-,22+/m0/s1. The fraction of sp³-hybridized carbons (Fsp3) is 0.333. The average molecular weight is 454 g/mol. The molecule has 172 valence electrons. The molecule has 2 N–H and O–H groups in total. The van der Waals surface area contributed by atoms with Crippen LogP contribution in [0.4, 0.5) is 17.3 Å². The van der Waals surface area contributed by atoms with Gasteiger partial charge in [0.1, 0.15) is 0 Å². The highest BCUT2D eigenvalue weighted by molar-refractivity contribution is 6.01. The summed E-state index contributed by atoms with van der Waals surface area (Å²) >= 11 is 0. The molecule has 2 aromatic carbocycles. The Morgan fingerprint density at radius 2 is 1.88 bits per heavy atom. The predicted molar refractivity (Wildman–Crippen MR) is 131 cm³/mol. The Kier molecular flexibility index (Phi) is 5.05. The van der Waals surface area contributed by atoms with Gasteiger partial charge in [0.15, 0.2) is 0 Å². The number of amides is 2. The summed E-state index contributed by atoms with van der Waals surface area (Å²) < 4.78 is 0. The van der Waals surface area contributed by atoms with Gasteiger partial charge in [-0.05, 0) is 61.4 Å². The monoisotopic (exact) mass is 453 g/mol. The zero-order chi connectivity index (χ0) is 23.2. The lowest BCUT2D eigenvalue weighted by molar-refractivity contribution is -0.117. The minimum absolute atomic E-state index is 0.00391. The molecule has 2 heterocycles. The molecule has 1 aromatic heterocycles. The Balaban J connectivity index is 1.20. The maximum Gasteiger partial charge on any atom is 0.251 e. The van der Waals surface area contributed by atoms with Crippen molar-refractivity contribution in [1.29, 1.82) is 0 Å². The molecule has 0 radical (unpaired) electrons. The van der Waals surface area contributed by atoms with E-state index in [1.54, 1.807) is 18.1 Å². The molecule has 2 saturated carbocycles. The lowest BCUT2D eigenvalue weighted by atomic mass is 9.95. The number of rotatable bonds is 4. The van der Waals surface area contributed by atoms with E-state index >= 15 is 0 Å². The van der Waals surface area contributed by atoms with Crippen molar-refractivity contribution in [2.75, 3.05) is 17.3 Å². The molecule has 2 bridgehead atoms. The van der Waals surface area contributed by atoms with E-state index in [1.807, 2.05) is 48.5 Å². The minimum atomic E-state index is -0.00391. The molecular formula is C27H27N5O2. The average Bonchev–Trinajstić information content (AvgIpc) is 3.46. The third-order valence-electron chi connectivity index (χ3n) is 7.56. The zero-order valence-corrected chi connectivity index (χ0v) is 19.1. The SMILES string of the molecule is CN1C(=O)Cc2cnc(Nc3ccc(C(=O)N[C@@H]4CC5CC[C@H]4C5)cc3)nc2-c2ccccc21. The van der Waals surface area contributed by atoms with Crippen molar-refractivity contribution in [3.8, 4) is 11.3 Å². The number of para-hydroxylation sites is 1. The van der Waals surface area contributed by atoms with E-state index in [0.29, 0.717) is 23.5 Å². The molecule has 3 atom stereocenters. The van der Waals surface area contributed by atoms with E-state index in [2.05, 4.69) is 15.6 Å². The summed E-state index contributed by atoms with van der Waals surface area (Å²) in [6.07, 6.45) is 6.93. The molecule has 3 aliphatic rings. The molecule has 1 unspecified atom stereocenters. The Hall–Kier alpha value is -3.74. The van der Waals surface area contributed by atoms with Crippen LogP contribution in [0.5, 0.6) is 0 Å². The number of benzene rings is 2. The van der Waals surface area contributed by atoms with Gasteiger partial charge < -0.3 is 15.5 Å². The van der Waals surface area contributed by atoms with Gasteiger partial charge in [-0.15, -0.1) is 0 Å². The van der Waals surface area contributed by atoms with Gasteiger partial charge in [-0.3, -0.25) is 9.59 Å². The second-order valence-electron chi connectivity index (χ2n) is 9.67. The first-order valence-electron chi connectivity index (χ1n) is 11.9. The summed E-state index contributed by atoms with van der Waals surface area (Å²) in [4.78, 5) is 36.1. The van der Waals surface area contributed by atoms with Crippen molar-refractivity contribution >= 4 is 29.1 Å². The van der Waals surface area contributed by atoms with Crippen LogP contribution in [0.2, 0.25) is 0 Å². The van der Waals surface area contributed by atoms with Crippen molar-refractivity contribution in [2.45, 2.75) is 38.1 Å². The fourth-order valence-electron chi connectivity index (χ4n) is 5.72. The van der Waals surface area contributed by atoms with Gasteiger partial charge in [0.2, 0.25) is 11.9 Å². The maximum absolute atomic E-state index is 12.7. The number of fused-ring (bicyclic) bond motifs is 5. The number of hydrogen-bond donors (Lipinski definition) is 2. The van der Waals surface area contributed by atoms with Crippen molar-refractivity contribution in [1.82, 2.24) is 15.3 Å². The topological polar surface area (TPSA) is 87.2 Å². The zero-order valence-electron chi connectivity index (χ0n) is 19.1. The first-order valence-corrected chi connectivity index (χ1v) is 11.9. The molecule has 7 nitrogen and oxygen atoms in total. The van der Waals surface area contributed by atoms with E-state index in [-0.39, 0.29) is 18.2 Å². The van der Waals surface area contributed by atoms with Gasteiger partial charge in [0, 0.05) is 41.7 Å². The van der Waals surface area contributed by atoms with E-state index in [0.717, 1.165) is 40.5 Å². The van der Waals surface area contributed by atoms with Gasteiger partial charge >= 0.3 is 0 Å². The number of nitrogens with zero attached hydrogens (tertiary/aromatic N) is 3. The highest BCUT2D eigenvalue weighted by Crippen LogP contribution is 2.44. The van der Waals surface area contributed by atoms with Crippen LogP contribution >= 0.6 is 0 Å². The second kappa shape index (κ2) is 8.24. The highest BCUT2D eigenvalue weighted by atomic mass is 16.2. The number of likely N-dealkylation sites (N-methyl/N-ethyl adjacent to an activating group) is 1. The molecular weight excluding hydrogens is 426 g/mol. The van der Waals surface area contributed by atoms with Crippen LogP contribution in [-0.4, -0.2) is 34.9 Å². The van der Waals surface area contributed by atoms with E-state index in [4.69, 9.17) is 4.98 Å². The van der Waals surface area contributed by atoms with Crippen molar-refractivity contribution < 1.29 is 9.59 Å². The normalized spacial score (nSPS) is 22.7. The lowest BCUT2D eigenvalue weighted by Gasteiger charge is -2.22. The van der Waals surface area contributed by atoms with Crippen molar-refractivity contribution in [3.05, 3.63) is 65.9 Å². The van der Waals surface area contributed by atoms with E-state index in [1.165, 1.54) is 19.3 Å². The summed E-state index contributed by atoms with van der Waals surface area (Å²) in [7, 11) is 1.79. The van der Waals surface area contributed by atoms with Gasteiger partial charge in [-0.2, -0.15) is 0 Å². The molecule has 34 heavy (non-hydrogen) atoms. The Morgan fingerprint density at radius 3 is 2.65 bits per heavy atom. The Labute approximate surface area is 198 Å². The van der Waals surface area contributed by atoms with Crippen LogP contribution in [-0.2, 0) is 11.2 Å². The van der Waals surface area contributed by atoms with Crippen LogP contribution in [0, 0.1) is 11.8 Å². The summed E-state index contributed by atoms with van der Waals surface area (Å²) in [5.74, 6) is 1.91. The molecule has 0 spiro atoms. The number of anilines is 3. The fourth-order valence-corrected chi connectivity index (χ4v) is 5.72. The van der Waals surface area contributed by atoms with Crippen LogP contribution in [0.1, 0.15) is 41.6 Å². The number of aromatic nitrogens is 2. The molecule has 6 rings (SSSR count). The Bertz CT molecular complexity index is 1270. The number of hydrogen-bond acceptors (Lipinski definition) is 5. The Morgan fingerprint density at radius 1 is 1.06 bits per heavy atom. The van der Waals surface area contributed by atoms with Gasteiger partial charge in [0.05, 0.1) is 17.8 Å². The van der Waals surface area contributed by atoms with Gasteiger partial charge in [-0.25, -0.2) is 9.97 Å². The largest absolute Gasteiger partial charge is 0.349 e. The predicted octanol–water partition coefficient (Wildman–Crippen LogP) is 4.32. The molecule has 1 aliphatic heterocycles.